The van der Waals surface area contributed by atoms with E-state index in [2.05, 4.69) is 12.2 Å². The Morgan fingerprint density at radius 2 is 1.77 bits per heavy atom. The fourth-order valence-electron chi connectivity index (χ4n) is 11.7. The minimum absolute atomic E-state index is 0.00465. The highest BCUT2D eigenvalue weighted by Gasteiger charge is 2.76. The normalized spacial score (nSPS) is 58.7. The molecule has 0 aromatic rings. The van der Waals surface area contributed by atoms with Crippen molar-refractivity contribution in [3.8, 4) is 0 Å². The van der Waals surface area contributed by atoms with Gasteiger partial charge >= 0.3 is 5.97 Å². The zero-order chi connectivity index (χ0) is 30.2. The smallest absolute Gasteiger partial charge is 0.331 e. The third-order valence-corrected chi connectivity index (χ3v) is 15.1. The average molecular weight is 620 g/mol. The van der Waals surface area contributed by atoms with Crippen molar-refractivity contribution in [2.45, 2.75) is 125 Å². The van der Waals surface area contributed by atoms with Gasteiger partial charge in [-0.25, -0.2) is 4.79 Å². The topological polar surface area (TPSA) is 144 Å². The summed E-state index contributed by atoms with van der Waals surface area (Å²) in [6.45, 7) is 5.81. The lowest BCUT2D eigenvalue weighted by Gasteiger charge is -2.67. The standard InChI is InChI=1S/C32H45NO9S/c1-17-13-31(33-25(35)15-43-31)32(38)28(3,40-17)41-23-12-18-4-5-20-19(29(18,16-34)14-24(23)42-32)8-10-27(2)21(9-11-30(20,27)37)22-6-7-26(36)39-22/h6-7,17-24,34,37-38H,4-5,8-16H2,1-3H3,(H,33,35). The molecule has 3 saturated heterocycles. The number of hydrogen-bond acceptors (Lipinski definition) is 10. The molecule has 0 aromatic carbocycles. The molecule has 4 heterocycles. The van der Waals surface area contributed by atoms with Crippen LogP contribution in [0.15, 0.2) is 12.2 Å². The molecule has 4 aliphatic heterocycles. The number of carbonyl (C=O) groups is 2. The van der Waals surface area contributed by atoms with Crippen LogP contribution in [0.25, 0.3) is 0 Å². The Bertz CT molecular complexity index is 1270. The number of hydrogen-bond donors (Lipinski definition) is 4. The number of ether oxygens (including phenoxy) is 4. The van der Waals surface area contributed by atoms with Gasteiger partial charge < -0.3 is 39.6 Å². The molecule has 7 fully saturated rings. The van der Waals surface area contributed by atoms with Crippen LogP contribution in [0.4, 0.5) is 0 Å². The lowest BCUT2D eigenvalue weighted by Crippen LogP contribution is -2.81. The number of amides is 1. The second kappa shape index (κ2) is 9.20. The highest BCUT2D eigenvalue weighted by Crippen LogP contribution is 2.70. The van der Waals surface area contributed by atoms with Gasteiger partial charge in [0.15, 0.2) is 0 Å². The molecule has 11 heteroatoms. The molecule has 1 spiro atoms. The molecule has 0 bridgehead atoms. The zero-order valence-corrected chi connectivity index (χ0v) is 26.1. The Kier molecular flexibility index (Phi) is 6.25. The van der Waals surface area contributed by atoms with E-state index in [1.165, 1.54) is 17.8 Å². The Morgan fingerprint density at radius 1 is 0.977 bits per heavy atom. The van der Waals surface area contributed by atoms with E-state index in [1.54, 1.807) is 6.92 Å². The lowest BCUT2D eigenvalue weighted by atomic mass is 9.42. The van der Waals surface area contributed by atoms with Gasteiger partial charge in [0, 0.05) is 35.9 Å². The van der Waals surface area contributed by atoms with Crippen molar-refractivity contribution in [3.05, 3.63) is 12.2 Å². The molecule has 1 amide bonds. The summed E-state index contributed by atoms with van der Waals surface area (Å²) in [7, 11) is 0. The minimum atomic E-state index is -1.92. The summed E-state index contributed by atoms with van der Waals surface area (Å²) >= 11 is 1.35. The maximum atomic E-state index is 12.6. The molecule has 0 aromatic heterocycles. The first kappa shape index (κ1) is 29.2. The summed E-state index contributed by atoms with van der Waals surface area (Å²) < 4.78 is 25.4. The quantitative estimate of drug-likeness (QED) is 0.269. The minimum Gasteiger partial charge on any atom is -0.455 e. The number of rotatable bonds is 2. The third kappa shape index (κ3) is 3.59. The van der Waals surface area contributed by atoms with Crippen LogP contribution in [-0.2, 0) is 28.5 Å². The van der Waals surface area contributed by atoms with Crippen molar-refractivity contribution >= 4 is 23.6 Å². The highest BCUT2D eigenvalue weighted by atomic mass is 32.2. The van der Waals surface area contributed by atoms with E-state index in [1.807, 2.05) is 13.0 Å². The molecule has 14 unspecified atom stereocenters. The lowest BCUT2D eigenvalue weighted by molar-refractivity contribution is -0.492. The van der Waals surface area contributed by atoms with Gasteiger partial charge in [0.25, 0.3) is 5.79 Å². The third-order valence-electron chi connectivity index (χ3n) is 13.6. The zero-order valence-electron chi connectivity index (χ0n) is 25.3. The summed E-state index contributed by atoms with van der Waals surface area (Å²) in [6.07, 6.45) is 8.36. The average Bonchev–Trinajstić information content (AvgIpc) is 3.62. The summed E-state index contributed by atoms with van der Waals surface area (Å²) in [6, 6.07) is 0. The number of aliphatic hydroxyl groups is 3. The van der Waals surface area contributed by atoms with E-state index in [9.17, 15) is 24.9 Å². The fraction of sp³-hybridized carbons (Fsp3) is 0.875. The van der Waals surface area contributed by atoms with E-state index < -0.39 is 39.0 Å². The molecule has 14 atom stereocenters. The van der Waals surface area contributed by atoms with Crippen LogP contribution >= 0.6 is 11.8 Å². The summed E-state index contributed by atoms with van der Waals surface area (Å²) in [5.41, 5.74) is -1.80. The van der Waals surface area contributed by atoms with Gasteiger partial charge in [-0.1, -0.05) is 6.92 Å². The monoisotopic (exact) mass is 619 g/mol. The molecule has 10 nitrogen and oxygen atoms in total. The van der Waals surface area contributed by atoms with Crippen LogP contribution in [0.1, 0.15) is 78.6 Å². The molecular formula is C32H45NO9S. The largest absolute Gasteiger partial charge is 0.455 e. The van der Waals surface area contributed by atoms with Gasteiger partial charge in [0.1, 0.15) is 11.0 Å². The summed E-state index contributed by atoms with van der Waals surface area (Å²) in [4.78, 5) is 23.3. The molecule has 4 N–H and O–H groups in total. The molecule has 43 heavy (non-hydrogen) atoms. The molecule has 0 radical (unpaired) electrons. The fourth-order valence-corrected chi connectivity index (χ4v) is 13.1. The number of esters is 1. The number of aliphatic hydroxyl groups excluding tert-OH is 1. The van der Waals surface area contributed by atoms with Gasteiger partial charge in [0.05, 0.1) is 29.7 Å². The van der Waals surface area contributed by atoms with E-state index in [0.29, 0.717) is 25.7 Å². The predicted molar refractivity (Wildman–Crippen MR) is 154 cm³/mol. The van der Waals surface area contributed by atoms with Gasteiger partial charge in [0.2, 0.25) is 11.7 Å². The Labute approximate surface area is 256 Å². The van der Waals surface area contributed by atoms with Gasteiger partial charge in [-0.2, -0.15) is 0 Å². The number of thioether (sulfide) groups is 1. The van der Waals surface area contributed by atoms with E-state index in [-0.39, 0.29) is 66.2 Å². The van der Waals surface area contributed by atoms with E-state index in [4.69, 9.17) is 18.9 Å². The van der Waals surface area contributed by atoms with E-state index in [0.717, 1.165) is 32.1 Å². The summed E-state index contributed by atoms with van der Waals surface area (Å²) in [5.74, 6) is -3.29. The van der Waals surface area contributed by atoms with E-state index >= 15 is 0 Å². The molecule has 8 rings (SSSR count). The maximum Gasteiger partial charge on any atom is 0.331 e. The maximum absolute atomic E-state index is 12.6. The SMILES string of the molecule is CC1CC2(NC(=O)CS2)C2(O)OC3CC4(CO)C(CCC5C4CCC4(C)C(C6C=CC(=O)O6)CCC54O)CC3OC2(C)O1. The van der Waals surface area contributed by atoms with Crippen LogP contribution in [0.3, 0.4) is 0 Å². The first-order valence-corrected chi connectivity index (χ1v) is 17.2. The Morgan fingerprint density at radius 3 is 2.47 bits per heavy atom. The number of fused-ring (bicyclic) bond motifs is 8. The van der Waals surface area contributed by atoms with Crippen LogP contribution in [0, 0.1) is 34.5 Å². The van der Waals surface area contributed by atoms with Gasteiger partial charge in [-0.3, -0.25) is 4.79 Å². The number of carbonyl (C=O) groups excluding carboxylic acids is 2. The number of cyclic esters (lactones) is 1. The van der Waals surface area contributed by atoms with Crippen molar-refractivity contribution in [2.24, 2.45) is 34.5 Å². The Balaban J connectivity index is 1.11. The van der Waals surface area contributed by atoms with Crippen molar-refractivity contribution in [1.29, 1.82) is 0 Å². The number of nitrogens with one attached hydrogen (secondary N) is 1. The first-order valence-electron chi connectivity index (χ1n) is 16.2. The second-order valence-electron chi connectivity index (χ2n) is 15.3. The van der Waals surface area contributed by atoms with Crippen molar-refractivity contribution < 1.29 is 43.9 Å². The van der Waals surface area contributed by atoms with Crippen molar-refractivity contribution in [1.82, 2.24) is 5.32 Å². The van der Waals surface area contributed by atoms with Crippen LogP contribution < -0.4 is 5.32 Å². The molecule has 4 saturated carbocycles. The van der Waals surface area contributed by atoms with Crippen LogP contribution in [-0.4, -0.2) is 86.0 Å². The Hall–Kier alpha value is -1.21. The second-order valence-corrected chi connectivity index (χ2v) is 16.6. The molecular weight excluding hydrogens is 574 g/mol. The van der Waals surface area contributed by atoms with Crippen molar-refractivity contribution in [2.75, 3.05) is 12.4 Å². The molecule has 8 aliphatic rings. The predicted octanol–water partition coefficient (Wildman–Crippen LogP) is 2.38. The molecule has 238 valence electrons. The molecule has 4 aliphatic carbocycles. The van der Waals surface area contributed by atoms with Crippen molar-refractivity contribution in [3.63, 3.8) is 0 Å². The first-order chi connectivity index (χ1) is 20.3. The van der Waals surface area contributed by atoms with Gasteiger partial charge in [-0.05, 0) is 89.0 Å². The van der Waals surface area contributed by atoms with Crippen LogP contribution in [0.5, 0.6) is 0 Å². The van der Waals surface area contributed by atoms with Gasteiger partial charge in [-0.15, -0.1) is 11.8 Å². The van der Waals surface area contributed by atoms with Crippen LogP contribution in [0.2, 0.25) is 0 Å². The highest BCUT2D eigenvalue weighted by molar-refractivity contribution is 8.01. The summed E-state index contributed by atoms with van der Waals surface area (Å²) in [5, 5.41) is 39.3.